The first-order valence-electron chi connectivity index (χ1n) is 7.24. The Morgan fingerprint density at radius 3 is 2.63 bits per heavy atom. The minimum atomic E-state index is 0.177. The molecule has 0 amide bonds. The second-order valence-corrected chi connectivity index (χ2v) is 5.94. The fourth-order valence-electron chi connectivity index (χ4n) is 2.46. The third-order valence-electron chi connectivity index (χ3n) is 4.19. The smallest absolute Gasteiger partial charge is 0.120 e. The van der Waals surface area contributed by atoms with Crippen molar-refractivity contribution >= 4 is 0 Å². The molecule has 1 aromatic carbocycles. The van der Waals surface area contributed by atoms with Gasteiger partial charge < -0.3 is 10.4 Å². The number of phenolic OH excluding ortho intramolecular Hbond substituents is 1. The van der Waals surface area contributed by atoms with Crippen LogP contribution in [0.15, 0.2) is 18.2 Å². The molecule has 19 heavy (non-hydrogen) atoms. The third kappa shape index (κ3) is 3.71. The average molecular weight is 262 g/mol. The number of nitrogens with zero attached hydrogens (tertiary/aromatic N) is 1. The van der Waals surface area contributed by atoms with Gasteiger partial charge in [-0.15, -0.1) is 0 Å². The van der Waals surface area contributed by atoms with Crippen LogP contribution in [0.3, 0.4) is 0 Å². The largest absolute Gasteiger partial charge is 0.508 e. The number of hydrogen-bond donors (Lipinski definition) is 2. The van der Waals surface area contributed by atoms with E-state index in [1.54, 1.807) is 0 Å². The van der Waals surface area contributed by atoms with Gasteiger partial charge in [-0.25, -0.2) is 0 Å². The Morgan fingerprint density at radius 1 is 1.37 bits per heavy atom. The lowest BCUT2D eigenvalue weighted by molar-refractivity contribution is 0.236. The van der Waals surface area contributed by atoms with Crippen LogP contribution in [0.1, 0.15) is 43.9 Å². The molecule has 1 fully saturated rings. The van der Waals surface area contributed by atoms with Crippen LogP contribution in [0.4, 0.5) is 0 Å². The van der Waals surface area contributed by atoms with Crippen LogP contribution < -0.4 is 5.32 Å². The molecule has 0 aromatic heterocycles. The van der Waals surface area contributed by atoms with Crippen LogP contribution >= 0.6 is 0 Å². The van der Waals surface area contributed by atoms with E-state index < -0.39 is 0 Å². The summed E-state index contributed by atoms with van der Waals surface area (Å²) in [5, 5.41) is 13.5. The van der Waals surface area contributed by atoms with Crippen molar-refractivity contribution in [2.75, 3.05) is 13.6 Å². The normalized spacial score (nSPS) is 18.6. The molecule has 3 nitrogen and oxygen atoms in total. The van der Waals surface area contributed by atoms with Crippen LogP contribution in [0.2, 0.25) is 0 Å². The topological polar surface area (TPSA) is 35.5 Å². The van der Waals surface area contributed by atoms with Gasteiger partial charge >= 0.3 is 0 Å². The van der Waals surface area contributed by atoms with Crippen LogP contribution in [0, 0.1) is 6.92 Å². The van der Waals surface area contributed by atoms with Gasteiger partial charge in [0.15, 0.2) is 0 Å². The SMILES string of the molecule is Cc1ccc(C(C)NCC(C)N(C)C2CC2)c(O)c1. The highest BCUT2D eigenvalue weighted by Gasteiger charge is 2.29. The molecule has 0 spiro atoms. The Hall–Kier alpha value is -1.06. The van der Waals surface area contributed by atoms with Gasteiger partial charge in [-0.2, -0.15) is 0 Å². The van der Waals surface area contributed by atoms with E-state index in [0.717, 1.165) is 23.7 Å². The van der Waals surface area contributed by atoms with E-state index in [1.165, 1.54) is 12.8 Å². The summed E-state index contributed by atoms with van der Waals surface area (Å²) in [6, 6.07) is 7.38. The third-order valence-corrected chi connectivity index (χ3v) is 4.19. The fraction of sp³-hybridized carbons (Fsp3) is 0.625. The molecule has 2 N–H and O–H groups in total. The van der Waals surface area contributed by atoms with Gasteiger partial charge in [0.2, 0.25) is 0 Å². The maximum atomic E-state index is 9.98. The molecule has 1 aromatic rings. The molecule has 0 aliphatic heterocycles. The molecule has 0 bridgehead atoms. The minimum absolute atomic E-state index is 0.177. The summed E-state index contributed by atoms with van der Waals surface area (Å²) in [7, 11) is 2.21. The Morgan fingerprint density at radius 2 is 2.05 bits per heavy atom. The molecule has 3 heteroatoms. The summed E-state index contributed by atoms with van der Waals surface area (Å²) in [6.07, 6.45) is 2.68. The van der Waals surface area contributed by atoms with Crippen LogP contribution in [0.5, 0.6) is 5.75 Å². The Bertz CT molecular complexity index is 429. The van der Waals surface area contributed by atoms with Gasteiger partial charge in [-0.05, 0) is 52.3 Å². The number of hydrogen-bond acceptors (Lipinski definition) is 3. The molecule has 2 unspecified atom stereocenters. The van der Waals surface area contributed by atoms with E-state index in [-0.39, 0.29) is 6.04 Å². The van der Waals surface area contributed by atoms with Crippen LogP contribution in [-0.4, -0.2) is 35.7 Å². The monoisotopic (exact) mass is 262 g/mol. The zero-order chi connectivity index (χ0) is 14.0. The van der Waals surface area contributed by atoms with Gasteiger partial charge in [0.05, 0.1) is 0 Å². The molecule has 1 aliphatic rings. The molecule has 106 valence electrons. The maximum absolute atomic E-state index is 9.98. The molecule has 0 saturated heterocycles. The summed E-state index contributed by atoms with van der Waals surface area (Å²) >= 11 is 0. The number of aryl methyl sites for hydroxylation is 1. The summed E-state index contributed by atoms with van der Waals surface area (Å²) in [5.41, 5.74) is 2.07. The number of nitrogens with one attached hydrogen (secondary N) is 1. The second-order valence-electron chi connectivity index (χ2n) is 5.94. The Balaban J connectivity index is 1.87. The molecule has 2 atom stereocenters. The molecule has 1 aliphatic carbocycles. The first-order valence-corrected chi connectivity index (χ1v) is 7.24. The van der Waals surface area contributed by atoms with Crippen molar-refractivity contribution in [3.63, 3.8) is 0 Å². The highest BCUT2D eigenvalue weighted by atomic mass is 16.3. The number of aromatic hydroxyl groups is 1. The number of benzene rings is 1. The van der Waals surface area contributed by atoms with Gasteiger partial charge in [0, 0.05) is 30.2 Å². The first kappa shape index (κ1) is 14.4. The summed E-state index contributed by atoms with van der Waals surface area (Å²) < 4.78 is 0. The van der Waals surface area contributed by atoms with Crippen molar-refractivity contribution < 1.29 is 5.11 Å². The lowest BCUT2D eigenvalue weighted by Crippen LogP contribution is -2.39. The molecular formula is C16H26N2O. The van der Waals surface area contributed by atoms with Gasteiger partial charge in [-0.3, -0.25) is 4.90 Å². The first-order chi connectivity index (χ1) is 8.99. The summed E-state index contributed by atoms with van der Waals surface area (Å²) in [5.74, 6) is 0.392. The lowest BCUT2D eigenvalue weighted by atomic mass is 10.0. The van der Waals surface area contributed by atoms with E-state index in [1.807, 2.05) is 25.1 Å². The number of likely N-dealkylation sites (N-methyl/N-ethyl adjacent to an activating group) is 1. The molecule has 0 heterocycles. The van der Waals surface area contributed by atoms with E-state index >= 15 is 0 Å². The molecule has 2 rings (SSSR count). The summed E-state index contributed by atoms with van der Waals surface area (Å²) in [6.45, 7) is 7.30. The molecular weight excluding hydrogens is 236 g/mol. The lowest BCUT2D eigenvalue weighted by Gasteiger charge is -2.26. The fourth-order valence-corrected chi connectivity index (χ4v) is 2.46. The van der Waals surface area contributed by atoms with Gasteiger partial charge in [-0.1, -0.05) is 12.1 Å². The number of phenols is 1. The number of rotatable bonds is 6. The summed E-state index contributed by atoms with van der Waals surface area (Å²) in [4.78, 5) is 2.45. The van der Waals surface area contributed by atoms with Crippen molar-refractivity contribution in [1.82, 2.24) is 10.2 Å². The van der Waals surface area contributed by atoms with Crippen LogP contribution in [-0.2, 0) is 0 Å². The van der Waals surface area contributed by atoms with Crippen molar-refractivity contribution in [2.45, 2.75) is 51.7 Å². The zero-order valence-corrected chi connectivity index (χ0v) is 12.5. The highest BCUT2D eigenvalue weighted by Crippen LogP contribution is 2.27. The Kier molecular flexibility index (Phi) is 4.48. The second kappa shape index (κ2) is 5.93. The highest BCUT2D eigenvalue weighted by molar-refractivity contribution is 5.37. The van der Waals surface area contributed by atoms with Crippen molar-refractivity contribution in [3.05, 3.63) is 29.3 Å². The standard InChI is InChI=1S/C16H26N2O/c1-11-5-8-15(16(19)9-11)13(3)17-10-12(2)18(4)14-6-7-14/h5,8-9,12-14,17,19H,6-7,10H2,1-4H3. The Labute approximate surface area is 116 Å². The quantitative estimate of drug-likeness (QED) is 0.827. The van der Waals surface area contributed by atoms with Crippen molar-refractivity contribution in [2.24, 2.45) is 0 Å². The van der Waals surface area contributed by atoms with Gasteiger partial charge in [0.25, 0.3) is 0 Å². The van der Waals surface area contributed by atoms with E-state index in [0.29, 0.717) is 11.8 Å². The average Bonchev–Trinajstić information content (AvgIpc) is 3.18. The van der Waals surface area contributed by atoms with E-state index in [9.17, 15) is 5.11 Å². The van der Waals surface area contributed by atoms with Crippen molar-refractivity contribution in [1.29, 1.82) is 0 Å². The maximum Gasteiger partial charge on any atom is 0.120 e. The van der Waals surface area contributed by atoms with E-state index in [2.05, 4.69) is 31.1 Å². The van der Waals surface area contributed by atoms with Crippen LogP contribution in [0.25, 0.3) is 0 Å². The molecule has 1 saturated carbocycles. The van der Waals surface area contributed by atoms with Crippen molar-refractivity contribution in [3.8, 4) is 5.75 Å². The predicted molar refractivity (Wildman–Crippen MR) is 79.5 cm³/mol. The van der Waals surface area contributed by atoms with E-state index in [4.69, 9.17) is 0 Å². The van der Waals surface area contributed by atoms with Gasteiger partial charge in [0.1, 0.15) is 5.75 Å². The minimum Gasteiger partial charge on any atom is -0.508 e. The predicted octanol–water partition coefficient (Wildman–Crippen LogP) is 2.83. The zero-order valence-electron chi connectivity index (χ0n) is 12.5. The molecule has 0 radical (unpaired) electrons.